The quantitative estimate of drug-likeness (QED) is 0.297. The van der Waals surface area contributed by atoms with Crippen molar-refractivity contribution in [1.29, 1.82) is 0 Å². The monoisotopic (exact) mass is 324 g/mol. The van der Waals surface area contributed by atoms with Gasteiger partial charge in [0.1, 0.15) is 0 Å². The molecule has 0 aromatic heterocycles. The highest BCUT2D eigenvalue weighted by Gasteiger charge is 1.91. The van der Waals surface area contributed by atoms with Crippen LogP contribution in [0.4, 0.5) is 0 Å². The molecule has 0 heteroatoms. The van der Waals surface area contributed by atoms with E-state index in [2.05, 4.69) is 103 Å². The van der Waals surface area contributed by atoms with Crippen molar-refractivity contribution in [3.63, 3.8) is 0 Å². The first-order valence-corrected chi connectivity index (χ1v) is 8.95. The highest BCUT2D eigenvalue weighted by molar-refractivity contribution is 5.36. The lowest BCUT2D eigenvalue weighted by Gasteiger charge is -1.99. The van der Waals surface area contributed by atoms with Crippen LogP contribution in [0, 0.1) is 0 Å². The fourth-order valence-corrected chi connectivity index (χ4v) is 1.94. The smallest absolute Gasteiger partial charge is 0.00982 e. The van der Waals surface area contributed by atoms with E-state index in [0.717, 1.165) is 19.3 Å². The molecule has 0 aromatic rings. The van der Waals surface area contributed by atoms with Gasteiger partial charge in [0.05, 0.1) is 0 Å². The predicted octanol–water partition coefficient (Wildman–Crippen LogP) is 8.04. The van der Waals surface area contributed by atoms with Gasteiger partial charge in [-0.05, 0) is 78.9 Å². The van der Waals surface area contributed by atoms with Crippen LogP contribution in [-0.2, 0) is 0 Å². The number of hydrogen-bond donors (Lipinski definition) is 0. The Balaban J connectivity index is 5.09. The third-order valence-corrected chi connectivity index (χ3v) is 3.46. The summed E-state index contributed by atoms with van der Waals surface area (Å²) in [6.07, 6.45) is 23.2. The van der Waals surface area contributed by atoms with E-state index in [0.29, 0.717) is 0 Å². The molecule has 0 aliphatic rings. The van der Waals surface area contributed by atoms with E-state index in [1.165, 1.54) is 27.9 Å². The standard InChI is InChI=1S/C24H36/c1-8-23(17-16-22(6)7)18-19-24(15-11-13-21(4)5)14-10-9-12-20(2)3/h8,10,12-16,18-19H,9,11,17H2,1-7H3/b14-10+,19-18-,23-8+,24-15-. The highest BCUT2D eigenvalue weighted by atomic mass is 14.0. The normalized spacial score (nSPS) is 12.6. The summed E-state index contributed by atoms with van der Waals surface area (Å²) in [5.74, 6) is 0. The molecule has 0 amide bonds. The first kappa shape index (κ1) is 22.2. The van der Waals surface area contributed by atoms with E-state index in [1.807, 2.05) is 0 Å². The van der Waals surface area contributed by atoms with Crippen molar-refractivity contribution in [3.05, 3.63) is 82.5 Å². The third kappa shape index (κ3) is 13.8. The molecule has 0 spiro atoms. The Morgan fingerprint density at radius 1 is 0.625 bits per heavy atom. The molecule has 0 heterocycles. The summed E-state index contributed by atoms with van der Waals surface area (Å²) in [6.45, 7) is 15.0. The van der Waals surface area contributed by atoms with Crippen LogP contribution in [0.3, 0.4) is 0 Å². The molecule has 0 aliphatic carbocycles. The van der Waals surface area contributed by atoms with Crippen LogP contribution in [0.5, 0.6) is 0 Å². The molecule has 0 atom stereocenters. The van der Waals surface area contributed by atoms with E-state index in [-0.39, 0.29) is 0 Å². The van der Waals surface area contributed by atoms with Crippen LogP contribution in [0.25, 0.3) is 0 Å². The molecule has 0 aliphatic heterocycles. The SMILES string of the molecule is C/C=C(/C=C\C(=C/CC=C(C)C)\C=C\CC=C(C)C)CC=C(C)C. The van der Waals surface area contributed by atoms with Crippen LogP contribution in [0.1, 0.15) is 67.7 Å². The second-order valence-corrected chi connectivity index (χ2v) is 6.82. The van der Waals surface area contributed by atoms with Crippen molar-refractivity contribution >= 4 is 0 Å². The lowest BCUT2D eigenvalue weighted by molar-refractivity contribution is 1.21. The highest BCUT2D eigenvalue weighted by Crippen LogP contribution is 2.11. The topological polar surface area (TPSA) is 0 Å². The van der Waals surface area contributed by atoms with Gasteiger partial charge in [0.25, 0.3) is 0 Å². The lowest BCUT2D eigenvalue weighted by atomic mass is 10.1. The van der Waals surface area contributed by atoms with Gasteiger partial charge in [-0.2, -0.15) is 0 Å². The van der Waals surface area contributed by atoms with E-state index in [1.54, 1.807) is 0 Å². The minimum absolute atomic E-state index is 0.980. The summed E-state index contributed by atoms with van der Waals surface area (Å²) in [6, 6.07) is 0. The van der Waals surface area contributed by atoms with Crippen LogP contribution in [-0.4, -0.2) is 0 Å². The average molecular weight is 325 g/mol. The molecule has 0 aromatic carbocycles. The van der Waals surface area contributed by atoms with Crippen molar-refractivity contribution in [1.82, 2.24) is 0 Å². The molecule has 132 valence electrons. The van der Waals surface area contributed by atoms with Gasteiger partial charge in [-0.1, -0.05) is 71.4 Å². The van der Waals surface area contributed by atoms with Crippen molar-refractivity contribution in [2.75, 3.05) is 0 Å². The molecule has 0 rings (SSSR count). The van der Waals surface area contributed by atoms with Crippen molar-refractivity contribution in [3.8, 4) is 0 Å². The maximum Gasteiger partial charge on any atom is -0.00982 e. The molecule has 0 nitrogen and oxygen atoms in total. The van der Waals surface area contributed by atoms with Gasteiger partial charge in [-0.25, -0.2) is 0 Å². The van der Waals surface area contributed by atoms with Crippen molar-refractivity contribution < 1.29 is 0 Å². The van der Waals surface area contributed by atoms with E-state index in [9.17, 15) is 0 Å². The number of rotatable bonds is 9. The Hall–Kier alpha value is -1.82. The Kier molecular flexibility index (Phi) is 12.6. The molecule has 0 fully saturated rings. The largest absolute Gasteiger partial charge is 0.0841 e. The Bertz CT molecular complexity index is 557. The molecule has 0 saturated heterocycles. The minimum atomic E-state index is 0.980. The van der Waals surface area contributed by atoms with Gasteiger partial charge in [-0.3, -0.25) is 0 Å². The first-order valence-electron chi connectivity index (χ1n) is 8.95. The third-order valence-electron chi connectivity index (χ3n) is 3.46. The van der Waals surface area contributed by atoms with Gasteiger partial charge >= 0.3 is 0 Å². The van der Waals surface area contributed by atoms with Gasteiger partial charge < -0.3 is 0 Å². The zero-order valence-corrected chi connectivity index (χ0v) is 16.8. The predicted molar refractivity (Wildman–Crippen MR) is 112 cm³/mol. The molecule has 0 bridgehead atoms. The molecular formula is C24H36. The summed E-state index contributed by atoms with van der Waals surface area (Å²) in [5, 5.41) is 0. The van der Waals surface area contributed by atoms with Gasteiger partial charge in [0.2, 0.25) is 0 Å². The van der Waals surface area contributed by atoms with E-state index < -0.39 is 0 Å². The average Bonchev–Trinajstić information content (AvgIpc) is 2.50. The molecule has 0 unspecified atom stereocenters. The fraction of sp³-hybridized carbons (Fsp3) is 0.417. The zero-order valence-electron chi connectivity index (χ0n) is 16.8. The van der Waals surface area contributed by atoms with Gasteiger partial charge in [0, 0.05) is 0 Å². The lowest BCUT2D eigenvalue weighted by Crippen LogP contribution is -1.79. The summed E-state index contributed by atoms with van der Waals surface area (Å²) in [5.41, 5.74) is 6.71. The molecule has 24 heavy (non-hydrogen) atoms. The summed E-state index contributed by atoms with van der Waals surface area (Å²) < 4.78 is 0. The Labute approximate surface area is 150 Å². The number of allylic oxidation sites excluding steroid dienone is 14. The van der Waals surface area contributed by atoms with Crippen LogP contribution in [0.2, 0.25) is 0 Å². The number of hydrogen-bond acceptors (Lipinski definition) is 0. The first-order chi connectivity index (χ1) is 11.3. The Morgan fingerprint density at radius 3 is 1.75 bits per heavy atom. The summed E-state index contributed by atoms with van der Waals surface area (Å²) in [4.78, 5) is 0. The maximum atomic E-state index is 2.29. The summed E-state index contributed by atoms with van der Waals surface area (Å²) >= 11 is 0. The second-order valence-electron chi connectivity index (χ2n) is 6.82. The molecule has 0 saturated carbocycles. The second kappa shape index (κ2) is 13.6. The zero-order chi connectivity index (χ0) is 18.4. The molecular weight excluding hydrogens is 288 g/mol. The molecule has 0 N–H and O–H groups in total. The maximum absolute atomic E-state index is 2.29. The van der Waals surface area contributed by atoms with Gasteiger partial charge in [-0.15, -0.1) is 0 Å². The Morgan fingerprint density at radius 2 is 1.21 bits per heavy atom. The van der Waals surface area contributed by atoms with E-state index in [4.69, 9.17) is 0 Å². The fourth-order valence-electron chi connectivity index (χ4n) is 1.94. The van der Waals surface area contributed by atoms with Crippen LogP contribution < -0.4 is 0 Å². The van der Waals surface area contributed by atoms with Crippen LogP contribution in [0.15, 0.2) is 82.5 Å². The summed E-state index contributed by atoms with van der Waals surface area (Å²) in [7, 11) is 0. The van der Waals surface area contributed by atoms with Crippen molar-refractivity contribution in [2.45, 2.75) is 67.7 Å². The molecule has 0 radical (unpaired) electrons. The van der Waals surface area contributed by atoms with E-state index >= 15 is 0 Å². The van der Waals surface area contributed by atoms with Gasteiger partial charge in [0.15, 0.2) is 0 Å². The van der Waals surface area contributed by atoms with Crippen LogP contribution >= 0.6 is 0 Å². The van der Waals surface area contributed by atoms with Crippen molar-refractivity contribution in [2.24, 2.45) is 0 Å². The minimum Gasteiger partial charge on any atom is -0.0841 e.